The van der Waals surface area contributed by atoms with Crippen molar-refractivity contribution in [3.05, 3.63) is 81.6 Å². The third kappa shape index (κ3) is 7.18. The van der Waals surface area contributed by atoms with E-state index in [2.05, 4.69) is 75.5 Å². The number of hydrogen-bond donors (Lipinski definition) is 2. The number of rotatable bonds is 10. The lowest BCUT2D eigenvalue weighted by molar-refractivity contribution is 0.0378. The summed E-state index contributed by atoms with van der Waals surface area (Å²) < 4.78 is 5.48. The summed E-state index contributed by atoms with van der Waals surface area (Å²) in [7, 11) is 0. The number of hydrogen-bond acceptors (Lipinski definition) is 8. The molecule has 2 saturated heterocycles. The van der Waals surface area contributed by atoms with Gasteiger partial charge in [-0.05, 0) is 56.0 Å². The second-order valence-corrected chi connectivity index (χ2v) is 11.7. The molecule has 0 bridgehead atoms. The monoisotopic (exact) mass is 568 g/mol. The van der Waals surface area contributed by atoms with E-state index >= 15 is 0 Å². The predicted octanol–water partition coefficient (Wildman–Crippen LogP) is 2.89. The van der Waals surface area contributed by atoms with Crippen LogP contribution in [0.1, 0.15) is 47.8 Å². The second-order valence-electron chi connectivity index (χ2n) is 11.7. The normalized spacial score (nSPS) is 19.0. The number of anilines is 1. The Bertz CT molecular complexity index is 1380. The summed E-state index contributed by atoms with van der Waals surface area (Å²) >= 11 is 0. The first-order chi connectivity index (χ1) is 20.6. The molecule has 3 aliphatic rings. The molecule has 2 N–H and O–H groups in total. The molecule has 0 amide bonds. The highest BCUT2D eigenvalue weighted by Crippen LogP contribution is 2.31. The number of nitrogens with zero attached hydrogens (tertiary/aromatic N) is 5. The molecular formula is C34H44N6O2. The van der Waals surface area contributed by atoms with Crippen LogP contribution < -0.4 is 15.9 Å². The molecule has 8 nitrogen and oxygen atoms in total. The summed E-state index contributed by atoms with van der Waals surface area (Å²) in [6.45, 7) is 12.5. The van der Waals surface area contributed by atoms with Crippen molar-refractivity contribution in [3.8, 4) is 5.75 Å². The maximum atomic E-state index is 9.89. The molecule has 1 unspecified atom stereocenters. The fraction of sp³-hybridized carbons (Fsp3) is 0.471. The Morgan fingerprint density at radius 2 is 1.52 bits per heavy atom. The zero-order valence-corrected chi connectivity index (χ0v) is 24.8. The highest BCUT2D eigenvalue weighted by molar-refractivity contribution is 5.47. The Morgan fingerprint density at radius 1 is 0.833 bits per heavy atom. The fourth-order valence-electron chi connectivity index (χ4n) is 6.28. The smallest absolute Gasteiger partial charge is 0.145 e. The maximum absolute atomic E-state index is 9.89. The van der Waals surface area contributed by atoms with Gasteiger partial charge in [-0.3, -0.25) is 14.7 Å². The number of piperazine rings is 1. The molecule has 42 heavy (non-hydrogen) atoms. The molecule has 3 heterocycles. The molecule has 2 aliphatic heterocycles. The van der Waals surface area contributed by atoms with Crippen LogP contribution in [0.3, 0.4) is 0 Å². The first-order valence-corrected chi connectivity index (χ1v) is 15.6. The van der Waals surface area contributed by atoms with Gasteiger partial charge in [-0.2, -0.15) is 0 Å². The van der Waals surface area contributed by atoms with Gasteiger partial charge >= 0.3 is 0 Å². The van der Waals surface area contributed by atoms with Crippen molar-refractivity contribution < 1.29 is 9.84 Å². The highest BCUT2D eigenvalue weighted by atomic mass is 16.5. The van der Waals surface area contributed by atoms with E-state index in [1.807, 2.05) is 0 Å². The van der Waals surface area contributed by atoms with E-state index in [-0.39, 0.29) is 6.04 Å². The number of phenolic OH excluding ortho intramolecular Hbond substituents is 1. The van der Waals surface area contributed by atoms with E-state index in [9.17, 15) is 5.11 Å². The van der Waals surface area contributed by atoms with E-state index in [1.54, 1.807) is 12.1 Å². The minimum Gasteiger partial charge on any atom is -0.508 e. The third-order valence-corrected chi connectivity index (χ3v) is 8.66. The van der Waals surface area contributed by atoms with E-state index in [0.717, 1.165) is 114 Å². The summed E-state index contributed by atoms with van der Waals surface area (Å²) in [5.74, 6) is 2.19. The first-order valence-electron chi connectivity index (χ1n) is 15.6. The van der Waals surface area contributed by atoms with Gasteiger partial charge in [0.05, 0.1) is 31.1 Å². The zero-order chi connectivity index (χ0) is 28.7. The minimum absolute atomic E-state index is 0.159. The summed E-state index contributed by atoms with van der Waals surface area (Å²) in [4.78, 5) is 17.6. The molecule has 8 heteroatoms. The average Bonchev–Trinajstić information content (AvgIpc) is 3.02. The van der Waals surface area contributed by atoms with Crippen molar-refractivity contribution in [1.29, 1.82) is 0 Å². The van der Waals surface area contributed by atoms with E-state index < -0.39 is 0 Å². The predicted molar refractivity (Wildman–Crippen MR) is 168 cm³/mol. The third-order valence-electron chi connectivity index (χ3n) is 8.66. The van der Waals surface area contributed by atoms with E-state index in [1.165, 1.54) is 16.7 Å². The first kappa shape index (κ1) is 28.8. The molecule has 1 aromatic heterocycles. The quantitative estimate of drug-likeness (QED) is 0.362. The van der Waals surface area contributed by atoms with Crippen molar-refractivity contribution in [2.75, 3.05) is 70.9 Å². The molecule has 2 aromatic carbocycles. The van der Waals surface area contributed by atoms with Crippen LogP contribution in [0.15, 0.2) is 48.5 Å². The molecule has 3 aromatic rings. The average molecular weight is 569 g/mol. The standard InChI is InChI=1S/C34H44N6O2/c1-26-7-9-27(10-8-26)33(28-11-13-29(41)14-12-28)40-19-17-39(18-20-40)25-32-36-31-6-3-2-5-30(31)34(37-32)35-15-4-16-38-21-23-42-24-22-38/h5-14,33,41H,2-4,15-25H2,1H3,(H,35,36,37). The van der Waals surface area contributed by atoms with Crippen molar-refractivity contribution in [1.82, 2.24) is 24.7 Å². The SMILES string of the molecule is Cc1ccc(C(c2ccc(O)cc2)N2CCN(Cc3nc(NCCCN4CCOCC4)c4c(n3)=CCCC=4)CC2)cc1. The van der Waals surface area contributed by atoms with Gasteiger partial charge in [0.25, 0.3) is 0 Å². The van der Waals surface area contributed by atoms with Gasteiger partial charge in [0.1, 0.15) is 17.4 Å². The van der Waals surface area contributed by atoms with Crippen molar-refractivity contribution in [3.63, 3.8) is 0 Å². The van der Waals surface area contributed by atoms with Crippen molar-refractivity contribution in [2.24, 2.45) is 0 Å². The number of nitrogens with one attached hydrogen (secondary N) is 1. The largest absolute Gasteiger partial charge is 0.508 e. The van der Waals surface area contributed by atoms with Gasteiger partial charge in [-0.1, -0.05) is 54.1 Å². The Labute approximate surface area is 249 Å². The maximum Gasteiger partial charge on any atom is 0.145 e. The topological polar surface area (TPSA) is 77.0 Å². The van der Waals surface area contributed by atoms with Crippen LogP contribution in [0.4, 0.5) is 5.82 Å². The molecule has 222 valence electrons. The molecule has 6 rings (SSSR count). The number of aryl methyl sites for hydroxylation is 1. The molecule has 0 spiro atoms. The van der Waals surface area contributed by atoms with Gasteiger partial charge in [0.2, 0.25) is 0 Å². The molecule has 0 radical (unpaired) electrons. The zero-order valence-electron chi connectivity index (χ0n) is 24.8. The number of phenols is 1. The molecule has 2 fully saturated rings. The van der Waals surface area contributed by atoms with Crippen LogP contribution in [-0.4, -0.2) is 95.3 Å². The fourth-order valence-corrected chi connectivity index (χ4v) is 6.28. The molecule has 1 aliphatic carbocycles. The van der Waals surface area contributed by atoms with Gasteiger partial charge in [-0.15, -0.1) is 0 Å². The van der Waals surface area contributed by atoms with Gasteiger partial charge in [0.15, 0.2) is 0 Å². The number of aromatic hydroxyl groups is 1. The Balaban J connectivity index is 1.11. The summed E-state index contributed by atoms with van der Waals surface area (Å²) in [5, 5.41) is 15.8. The van der Waals surface area contributed by atoms with Crippen molar-refractivity contribution >= 4 is 18.0 Å². The number of morpholine rings is 1. The van der Waals surface area contributed by atoms with Gasteiger partial charge in [0, 0.05) is 51.0 Å². The van der Waals surface area contributed by atoms with E-state index in [4.69, 9.17) is 14.7 Å². The van der Waals surface area contributed by atoms with Crippen LogP contribution in [0.2, 0.25) is 0 Å². The lowest BCUT2D eigenvalue weighted by Gasteiger charge is -2.39. The number of aromatic nitrogens is 2. The Kier molecular flexibility index (Phi) is 9.45. The minimum atomic E-state index is 0.159. The summed E-state index contributed by atoms with van der Waals surface area (Å²) in [5.41, 5.74) is 3.76. The Morgan fingerprint density at radius 3 is 2.26 bits per heavy atom. The summed E-state index contributed by atoms with van der Waals surface area (Å²) in [6.07, 6.45) is 7.72. The van der Waals surface area contributed by atoms with Gasteiger partial charge in [-0.25, -0.2) is 9.97 Å². The van der Waals surface area contributed by atoms with Crippen LogP contribution in [0.5, 0.6) is 5.75 Å². The molecular weight excluding hydrogens is 524 g/mol. The van der Waals surface area contributed by atoms with Crippen LogP contribution in [0.25, 0.3) is 12.2 Å². The van der Waals surface area contributed by atoms with Gasteiger partial charge < -0.3 is 15.2 Å². The van der Waals surface area contributed by atoms with Crippen LogP contribution >= 0.6 is 0 Å². The highest BCUT2D eigenvalue weighted by Gasteiger charge is 2.27. The van der Waals surface area contributed by atoms with Crippen LogP contribution in [-0.2, 0) is 11.3 Å². The van der Waals surface area contributed by atoms with E-state index in [0.29, 0.717) is 5.75 Å². The Hall–Kier alpha value is -3.30. The number of fused-ring (bicyclic) bond motifs is 1. The number of benzene rings is 2. The lowest BCUT2D eigenvalue weighted by atomic mass is 9.95. The summed E-state index contributed by atoms with van der Waals surface area (Å²) in [6, 6.07) is 16.7. The second kappa shape index (κ2) is 13.8. The number of ether oxygens (including phenoxy) is 1. The lowest BCUT2D eigenvalue weighted by Crippen LogP contribution is -2.48. The molecule has 0 saturated carbocycles. The molecule has 1 atom stereocenters. The van der Waals surface area contributed by atoms with Crippen LogP contribution in [0, 0.1) is 6.92 Å². The van der Waals surface area contributed by atoms with Crippen molar-refractivity contribution in [2.45, 2.75) is 38.8 Å².